The van der Waals surface area contributed by atoms with Gasteiger partial charge in [0.15, 0.2) is 9.04 Å². The van der Waals surface area contributed by atoms with Crippen molar-refractivity contribution in [3.63, 3.8) is 0 Å². The molecule has 0 N–H and O–H groups in total. The second-order valence-corrected chi connectivity index (χ2v) is 5.21. The van der Waals surface area contributed by atoms with Crippen molar-refractivity contribution in [3.8, 4) is 0 Å². The van der Waals surface area contributed by atoms with E-state index in [1.54, 1.807) is 7.11 Å². The predicted octanol–water partition coefficient (Wildman–Crippen LogP) is 1.12. The maximum Gasteiger partial charge on any atom is 0.180 e. The zero-order valence-electron chi connectivity index (χ0n) is 5.93. The summed E-state index contributed by atoms with van der Waals surface area (Å²) >= 11 is 0. The number of ether oxygens (including phenoxy) is 1. The lowest BCUT2D eigenvalue weighted by Gasteiger charge is -2.06. The summed E-state index contributed by atoms with van der Waals surface area (Å²) in [5.74, 6) is 0. The third kappa shape index (κ3) is 2.47. The molecule has 0 radical (unpaired) electrons. The first-order chi connectivity index (χ1) is 4.43. The summed E-state index contributed by atoms with van der Waals surface area (Å²) in [6.07, 6.45) is 2.78. The van der Waals surface area contributed by atoms with E-state index in [4.69, 9.17) is 9.16 Å². The van der Waals surface area contributed by atoms with Crippen LogP contribution in [0.1, 0.15) is 12.8 Å². The van der Waals surface area contributed by atoms with E-state index in [1.165, 1.54) is 24.9 Å². The Balaban J connectivity index is 1.98. The number of hydrogen-bond acceptors (Lipinski definition) is 2. The van der Waals surface area contributed by atoms with Gasteiger partial charge in [0.1, 0.15) is 6.79 Å². The highest BCUT2D eigenvalue weighted by molar-refractivity contribution is 6.52. The topological polar surface area (TPSA) is 18.5 Å². The molecule has 3 heteroatoms. The van der Waals surface area contributed by atoms with Gasteiger partial charge in [0.05, 0.1) is 0 Å². The largest absolute Gasteiger partial charge is 0.398 e. The smallest absolute Gasteiger partial charge is 0.180 e. The van der Waals surface area contributed by atoms with E-state index < -0.39 is 9.04 Å². The van der Waals surface area contributed by atoms with E-state index in [1.807, 2.05) is 0 Å². The van der Waals surface area contributed by atoms with Gasteiger partial charge in [-0.2, -0.15) is 0 Å². The van der Waals surface area contributed by atoms with Crippen LogP contribution in [0.4, 0.5) is 0 Å². The Morgan fingerprint density at radius 2 is 2.00 bits per heavy atom. The molecule has 0 amide bonds. The average Bonchev–Trinajstić information content (AvgIpc) is 2.34. The molecule has 0 aliphatic carbocycles. The second-order valence-electron chi connectivity index (χ2n) is 2.48. The molecule has 1 rings (SSSR count). The normalized spacial score (nSPS) is 21.0. The fourth-order valence-corrected chi connectivity index (χ4v) is 3.66. The van der Waals surface area contributed by atoms with E-state index in [0.29, 0.717) is 6.79 Å². The van der Waals surface area contributed by atoms with Crippen LogP contribution >= 0.6 is 0 Å². The summed E-state index contributed by atoms with van der Waals surface area (Å²) in [7, 11) is 0.960. The first kappa shape index (κ1) is 7.25. The minimum Gasteiger partial charge on any atom is -0.398 e. The highest BCUT2D eigenvalue weighted by atomic mass is 28.3. The van der Waals surface area contributed by atoms with Crippen LogP contribution in [0.2, 0.25) is 12.1 Å². The number of rotatable bonds is 3. The fourth-order valence-electron chi connectivity index (χ4n) is 1.22. The third-order valence-electron chi connectivity index (χ3n) is 1.72. The molecule has 0 bridgehead atoms. The molecule has 1 fully saturated rings. The molecular formula is C6H14O2Si. The summed E-state index contributed by atoms with van der Waals surface area (Å²) in [5.41, 5.74) is 0. The molecular weight excluding hydrogens is 132 g/mol. The molecule has 0 saturated carbocycles. The Kier molecular flexibility index (Phi) is 3.25. The summed E-state index contributed by atoms with van der Waals surface area (Å²) in [4.78, 5) is 0. The minimum absolute atomic E-state index is 0.525. The van der Waals surface area contributed by atoms with Gasteiger partial charge < -0.3 is 9.16 Å². The zero-order valence-corrected chi connectivity index (χ0v) is 7.08. The lowest BCUT2D eigenvalue weighted by Crippen LogP contribution is -2.13. The predicted molar refractivity (Wildman–Crippen MR) is 39.0 cm³/mol. The van der Waals surface area contributed by atoms with Crippen LogP contribution in [-0.4, -0.2) is 22.9 Å². The van der Waals surface area contributed by atoms with Crippen LogP contribution in [0.3, 0.4) is 0 Å². The summed E-state index contributed by atoms with van der Waals surface area (Å²) in [6, 6.07) is 2.73. The van der Waals surface area contributed by atoms with E-state index in [-0.39, 0.29) is 0 Å². The molecule has 0 aromatic rings. The van der Waals surface area contributed by atoms with Crippen LogP contribution in [0.15, 0.2) is 0 Å². The van der Waals surface area contributed by atoms with Gasteiger partial charge in [0.2, 0.25) is 0 Å². The molecule has 0 aromatic carbocycles. The first-order valence-electron chi connectivity index (χ1n) is 3.54. The van der Waals surface area contributed by atoms with Crippen LogP contribution in [0, 0.1) is 0 Å². The van der Waals surface area contributed by atoms with Gasteiger partial charge >= 0.3 is 0 Å². The zero-order chi connectivity index (χ0) is 6.53. The molecule has 0 unspecified atom stereocenters. The standard InChI is InChI=1S/C6H14O2Si/c1-7-6-8-9-4-2-3-5-9/h9H,2-6H2,1H3. The Morgan fingerprint density at radius 3 is 2.56 bits per heavy atom. The van der Waals surface area contributed by atoms with Gasteiger partial charge in [-0.1, -0.05) is 12.8 Å². The van der Waals surface area contributed by atoms with Gasteiger partial charge in [0, 0.05) is 7.11 Å². The molecule has 1 aliphatic rings. The van der Waals surface area contributed by atoms with Gasteiger partial charge in [-0.15, -0.1) is 0 Å². The molecule has 54 valence electrons. The van der Waals surface area contributed by atoms with Crippen LogP contribution in [0.5, 0.6) is 0 Å². The Morgan fingerprint density at radius 1 is 1.33 bits per heavy atom. The van der Waals surface area contributed by atoms with Crippen molar-refractivity contribution in [3.05, 3.63) is 0 Å². The van der Waals surface area contributed by atoms with Gasteiger partial charge in [-0.05, 0) is 12.1 Å². The van der Waals surface area contributed by atoms with E-state index in [2.05, 4.69) is 0 Å². The SMILES string of the molecule is COCO[SiH]1CCCC1. The fraction of sp³-hybridized carbons (Fsp3) is 1.00. The van der Waals surface area contributed by atoms with E-state index in [9.17, 15) is 0 Å². The van der Waals surface area contributed by atoms with Crippen molar-refractivity contribution < 1.29 is 9.16 Å². The maximum absolute atomic E-state index is 5.47. The Hall–Kier alpha value is 0.137. The Bertz CT molecular complexity index is 71.5. The average molecular weight is 146 g/mol. The molecule has 2 nitrogen and oxygen atoms in total. The maximum atomic E-state index is 5.47. The molecule has 1 aliphatic heterocycles. The Labute approximate surface area is 57.9 Å². The molecule has 0 aromatic heterocycles. The molecule has 0 atom stereocenters. The lowest BCUT2D eigenvalue weighted by atomic mass is 10.4. The van der Waals surface area contributed by atoms with Gasteiger partial charge in [-0.3, -0.25) is 0 Å². The van der Waals surface area contributed by atoms with Crippen molar-refractivity contribution in [1.82, 2.24) is 0 Å². The van der Waals surface area contributed by atoms with Crippen molar-refractivity contribution in [2.75, 3.05) is 13.9 Å². The van der Waals surface area contributed by atoms with Crippen LogP contribution in [-0.2, 0) is 9.16 Å². The first-order valence-corrected chi connectivity index (χ1v) is 5.64. The second kappa shape index (κ2) is 4.03. The van der Waals surface area contributed by atoms with E-state index in [0.717, 1.165) is 0 Å². The molecule has 9 heavy (non-hydrogen) atoms. The van der Waals surface area contributed by atoms with Crippen LogP contribution in [0.25, 0.3) is 0 Å². The molecule has 0 spiro atoms. The summed E-state index contributed by atoms with van der Waals surface area (Å²) < 4.78 is 10.3. The molecule has 1 saturated heterocycles. The van der Waals surface area contributed by atoms with Crippen molar-refractivity contribution >= 4 is 9.04 Å². The van der Waals surface area contributed by atoms with Crippen molar-refractivity contribution in [1.29, 1.82) is 0 Å². The monoisotopic (exact) mass is 146 g/mol. The third-order valence-corrected chi connectivity index (χ3v) is 4.44. The highest BCUT2D eigenvalue weighted by Crippen LogP contribution is 2.19. The van der Waals surface area contributed by atoms with Gasteiger partial charge in [-0.25, -0.2) is 0 Å². The van der Waals surface area contributed by atoms with Crippen molar-refractivity contribution in [2.45, 2.75) is 24.9 Å². The lowest BCUT2D eigenvalue weighted by molar-refractivity contribution is 0.0494. The minimum atomic E-state index is -0.724. The quantitative estimate of drug-likeness (QED) is 0.439. The molecule has 1 heterocycles. The highest BCUT2D eigenvalue weighted by Gasteiger charge is 2.16. The number of methoxy groups -OCH3 is 1. The van der Waals surface area contributed by atoms with Crippen molar-refractivity contribution in [2.24, 2.45) is 0 Å². The van der Waals surface area contributed by atoms with Gasteiger partial charge in [0.25, 0.3) is 0 Å². The summed E-state index contributed by atoms with van der Waals surface area (Å²) in [5, 5.41) is 0. The number of hydrogen-bond donors (Lipinski definition) is 0. The summed E-state index contributed by atoms with van der Waals surface area (Å²) in [6.45, 7) is 0.525. The van der Waals surface area contributed by atoms with Crippen LogP contribution < -0.4 is 0 Å². The van der Waals surface area contributed by atoms with E-state index >= 15 is 0 Å².